The number of hydrogen-bond donors (Lipinski definition) is 1. The standard InChI is InChI=1S/C8H20N2OSi/c1-6-9-12(8-3,10(4)5)11-7-2/h8-9H,3,6-7H2,1-2,4-5H3. The molecule has 0 amide bonds. The first kappa shape index (κ1) is 11.8. The molecule has 0 rings (SSSR count). The summed E-state index contributed by atoms with van der Waals surface area (Å²) in [7, 11) is 2.04. The van der Waals surface area contributed by atoms with Crippen LogP contribution in [0.3, 0.4) is 0 Å². The maximum atomic E-state index is 5.72. The van der Waals surface area contributed by atoms with Gasteiger partial charge in [-0.05, 0) is 33.3 Å². The van der Waals surface area contributed by atoms with Crippen molar-refractivity contribution in [3.63, 3.8) is 0 Å². The van der Waals surface area contributed by atoms with Crippen LogP contribution in [0.25, 0.3) is 0 Å². The van der Waals surface area contributed by atoms with Gasteiger partial charge in [-0.1, -0.05) is 6.92 Å². The average Bonchev–Trinajstić information content (AvgIpc) is 2.03. The molecule has 0 heterocycles. The van der Waals surface area contributed by atoms with Gasteiger partial charge < -0.3 is 9.41 Å². The highest BCUT2D eigenvalue weighted by Gasteiger charge is 2.34. The van der Waals surface area contributed by atoms with E-state index < -0.39 is 8.64 Å². The molecule has 3 nitrogen and oxygen atoms in total. The summed E-state index contributed by atoms with van der Waals surface area (Å²) >= 11 is 0. The number of nitrogens with zero attached hydrogens (tertiary/aromatic N) is 1. The molecule has 0 aromatic rings. The SMILES string of the molecule is C=C[Si](NCC)(OCC)N(C)C. The van der Waals surface area contributed by atoms with Crippen molar-refractivity contribution in [2.24, 2.45) is 0 Å². The largest absolute Gasteiger partial charge is 0.389 e. The first-order valence-electron chi connectivity index (χ1n) is 4.33. The second kappa shape index (κ2) is 5.48. The third kappa shape index (κ3) is 2.71. The van der Waals surface area contributed by atoms with Crippen molar-refractivity contribution in [3.8, 4) is 0 Å². The van der Waals surface area contributed by atoms with Crippen molar-refractivity contribution in [2.75, 3.05) is 27.2 Å². The molecule has 72 valence electrons. The van der Waals surface area contributed by atoms with Gasteiger partial charge in [-0.15, -0.1) is 6.58 Å². The summed E-state index contributed by atoms with van der Waals surface area (Å²) in [6, 6.07) is 0. The highest BCUT2D eigenvalue weighted by atomic mass is 28.4. The van der Waals surface area contributed by atoms with Gasteiger partial charge in [0.05, 0.1) is 0 Å². The van der Waals surface area contributed by atoms with E-state index in [9.17, 15) is 0 Å². The van der Waals surface area contributed by atoms with E-state index in [0.29, 0.717) is 0 Å². The molecule has 1 unspecified atom stereocenters. The molecule has 0 saturated carbocycles. The molecule has 0 fully saturated rings. The molecule has 4 heteroatoms. The highest BCUT2D eigenvalue weighted by molar-refractivity contribution is 6.73. The second-order valence-electron chi connectivity index (χ2n) is 2.76. The fourth-order valence-corrected chi connectivity index (χ4v) is 3.38. The van der Waals surface area contributed by atoms with E-state index in [1.165, 1.54) is 0 Å². The molecule has 0 aliphatic carbocycles. The molecule has 0 aromatic carbocycles. The summed E-state index contributed by atoms with van der Waals surface area (Å²) in [5, 5.41) is 0. The first-order chi connectivity index (χ1) is 5.63. The zero-order valence-corrected chi connectivity index (χ0v) is 9.55. The average molecular weight is 188 g/mol. The Kier molecular flexibility index (Phi) is 5.40. The molecule has 0 spiro atoms. The predicted octanol–water partition coefficient (Wildman–Crippen LogP) is 0.858. The Morgan fingerprint density at radius 1 is 1.50 bits per heavy atom. The molecule has 12 heavy (non-hydrogen) atoms. The van der Waals surface area contributed by atoms with E-state index in [1.807, 2.05) is 26.7 Å². The number of nitrogens with one attached hydrogen (secondary N) is 1. The van der Waals surface area contributed by atoms with Crippen LogP contribution >= 0.6 is 0 Å². The van der Waals surface area contributed by atoms with Gasteiger partial charge >= 0.3 is 8.64 Å². The van der Waals surface area contributed by atoms with Crippen LogP contribution < -0.4 is 4.98 Å². The minimum Gasteiger partial charge on any atom is -0.389 e. The van der Waals surface area contributed by atoms with Gasteiger partial charge in [0.1, 0.15) is 0 Å². The Labute approximate surface area is 76.7 Å². The van der Waals surface area contributed by atoms with E-state index in [1.54, 1.807) is 0 Å². The molecule has 0 aliphatic heterocycles. The third-order valence-electron chi connectivity index (χ3n) is 1.74. The van der Waals surface area contributed by atoms with E-state index >= 15 is 0 Å². The van der Waals surface area contributed by atoms with Crippen molar-refractivity contribution < 1.29 is 4.43 Å². The van der Waals surface area contributed by atoms with Gasteiger partial charge in [0.25, 0.3) is 0 Å². The van der Waals surface area contributed by atoms with E-state index in [0.717, 1.165) is 13.2 Å². The molecule has 0 aromatic heterocycles. The zero-order valence-electron chi connectivity index (χ0n) is 8.55. The topological polar surface area (TPSA) is 24.5 Å². The van der Waals surface area contributed by atoms with Gasteiger partial charge in [-0.2, -0.15) is 0 Å². The van der Waals surface area contributed by atoms with Crippen molar-refractivity contribution >= 4 is 8.64 Å². The van der Waals surface area contributed by atoms with Crippen LogP contribution in [0.5, 0.6) is 0 Å². The highest BCUT2D eigenvalue weighted by Crippen LogP contribution is 2.04. The third-order valence-corrected chi connectivity index (χ3v) is 5.21. The maximum Gasteiger partial charge on any atom is 0.380 e. The minimum absolute atomic E-state index is 0.726. The second-order valence-corrected chi connectivity index (χ2v) is 6.10. The lowest BCUT2D eigenvalue weighted by Crippen LogP contribution is -2.62. The Hall–Kier alpha value is -0.163. The summed E-state index contributed by atoms with van der Waals surface area (Å²) in [6.07, 6.45) is 0. The normalized spacial score (nSPS) is 16.1. The molecule has 1 atom stereocenters. The smallest absolute Gasteiger partial charge is 0.380 e. The molecule has 0 radical (unpaired) electrons. The fourth-order valence-electron chi connectivity index (χ4n) is 1.13. The Morgan fingerprint density at radius 2 is 2.08 bits per heavy atom. The summed E-state index contributed by atoms with van der Waals surface area (Å²) in [6.45, 7) is 9.55. The maximum absolute atomic E-state index is 5.72. The molecular weight excluding hydrogens is 168 g/mol. The zero-order chi connectivity index (χ0) is 9.61. The van der Waals surface area contributed by atoms with Crippen LogP contribution in [0.4, 0.5) is 0 Å². The Balaban J connectivity index is 4.38. The van der Waals surface area contributed by atoms with Crippen molar-refractivity contribution in [2.45, 2.75) is 13.8 Å². The molecule has 1 N–H and O–H groups in total. The summed E-state index contributed by atoms with van der Waals surface area (Å²) in [5.41, 5.74) is 1.92. The number of hydrogen-bond acceptors (Lipinski definition) is 3. The minimum atomic E-state index is -2.00. The van der Waals surface area contributed by atoms with Crippen LogP contribution in [-0.4, -0.2) is 40.5 Å². The lowest BCUT2D eigenvalue weighted by atomic mass is 10.8. The molecule has 0 saturated heterocycles. The molecular formula is C8H20N2OSi. The van der Waals surface area contributed by atoms with Gasteiger partial charge in [0, 0.05) is 6.61 Å². The van der Waals surface area contributed by atoms with Gasteiger partial charge in [-0.25, -0.2) is 0 Å². The quantitative estimate of drug-likeness (QED) is 0.626. The van der Waals surface area contributed by atoms with Gasteiger partial charge in [0.2, 0.25) is 0 Å². The van der Waals surface area contributed by atoms with Crippen molar-refractivity contribution in [3.05, 3.63) is 12.3 Å². The monoisotopic (exact) mass is 188 g/mol. The predicted molar refractivity (Wildman–Crippen MR) is 54.9 cm³/mol. The lowest BCUT2D eigenvalue weighted by molar-refractivity contribution is 0.274. The van der Waals surface area contributed by atoms with Crippen LogP contribution in [0.15, 0.2) is 12.3 Å². The Bertz CT molecular complexity index is 133. The summed E-state index contributed by atoms with van der Waals surface area (Å²) in [4.78, 5) is 3.37. The fraction of sp³-hybridized carbons (Fsp3) is 0.750. The van der Waals surface area contributed by atoms with Gasteiger partial charge in [0.15, 0.2) is 0 Å². The van der Waals surface area contributed by atoms with Crippen LogP contribution in [-0.2, 0) is 4.43 Å². The Morgan fingerprint density at radius 3 is 2.33 bits per heavy atom. The van der Waals surface area contributed by atoms with Crippen LogP contribution in [0.2, 0.25) is 0 Å². The van der Waals surface area contributed by atoms with E-state index in [-0.39, 0.29) is 0 Å². The van der Waals surface area contributed by atoms with E-state index in [2.05, 4.69) is 23.1 Å². The van der Waals surface area contributed by atoms with Gasteiger partial charge in [-0.3, -0.25) is 4.57 Å². The summed E-state index contributed by atoms with van der Waals surface area (Å²) < 4.78 is 7.82. The first-order valence-corrected chi connectivity index (χ1v) is 6.26. The number of rotatable bonds is 6. The van der Waals surface area contributed by atoms with E-state index in [4.69, 9.17) is 4.43 Å². The lowest BCUT2D eigenvalue weighted by Gasteiger charge is -2.33. The molecule has 0 aliphatic rings. The van der Waals surface area contributed by atoms with Crippen LogP contribution in [0.1, 0.15) is 13.8 Å². The van der Waals surface area contributed by atoms with Crippen LogP contribution in [0, 0.1) is 0 Å². The summed E-state index contributed by atoms with van der Waals surface area (Å²) in [5.74, 6) is 0. The van der Waals surface area contributed by atoms with Crippen molar-refractivity contribution in [1.29, 1.82) is 0 Å². The van der Waals surface area contributed by atoms with Crippen molar-refractivity contribution in [1.82, 2.24) is 9.55 Å². The molecule has 0 bridgehead atoms.